The summed E-state index contributed by atoms with van der Waals surface area (Å²) in [4.78, 5) is 10.9. The fourth-order valence-corrected chi connectivity index (χ4v) is 2.13. The van der Waals surface area contributed by atoms with E-state index in [-0.39, 0.29) is 18.0 Å². The van der Waals surface area contributed by atoms with Crippen molar-refractivity contribution in [3.05, 3.63) is 0 Å². The van der Waals surface area contributed by atoms with Gasteiger partial charge in [0.25, 0.3) is 0 Å². The highest BCUT2D eigenvalue weighted by Gasteiger charge is 2.27. The lowest BCUT2D eigenvalue weighted by Crippen LogP contribution is -2.41. The summed E-state index contributed by atoms with van der Waals surface area (Å²) in [6.45, 7) is 2.04. The van der Waals surface area contributed by atoms with Crippen LogP contribution in [0.4, 0.5) is 0 Å². The molecule has 1 saturated carbocycles. The van der Waals surface area contributed by atoms with E-state index in [1.165, 1.54) is 0 Å². The Bertz CT molecular complexity index is 257. The number of hydrogen-bond acceptors (Lipinski definition) is 2. The highest BCUT2D eigenvalue weighted by Crippen LogP contribution is 2.24. The Labute approximate surface area is 91.3 Å². The molecule has 1 fully saturated rings. The van der Waals surface area contributed by atoms with Crippen molar-refractivity contribution in [2.24, 2.45) is 5.92 Å². The lowest BCUT2D eigenvalue weighted by atomic mass is 9.85. The summed E-state index contributed by atoms with van der Waals surface area (Å²) in [6.07, 6.45) is 9.81. The van der Waals surface area contributed by atoms with Gasteiger partial charge in [0, 0.05) is 6.04 Å². The van der Waals surface area contributed by atoms with Crippen molar-refractivity contribution in [2.45, 2.75) is 51.1 Å². The van der Waals surface area contributed by atoms with Gasteiger partial charge in [0.05, 0.1) is 12.0 Å². The minimum Gasteiger partial charge on any atom is -0.481 e. The predicted octanol–water partition coefficient (Wildman–Crippen LogP) is 1.63. The van der Waals surface area contributed by atoms with Crippen molar-refractivity contribution in [1.82, 2.24) is 5.32 Å². The first kappa shape index (κ1) is 12.1. The van der Waals surface area contributed by atoms with Crippen LogP contribution in [0.3, 0.4) is 0 Å². The second-order valence-electron chi connectivity index (χ2n) is 4.19. The summed E-state index contributed by atoms with van der Waals surface area (Å²) >= 11 is 0. The van der Waals surface area contributed by atoms with E-state index in [2.05, 4.69) is 11.2 Å². The van der Waals surface area contributed by atoms with Crippen LogP contribution in [-0.2, 0) is 4.79 Å². The van der Waals surface area contributed by atoms with E-state index in [1.54, 1.807) is 0 Å². The van der Waals surface area contributed by atoms with Crippen LogP contribution in [0.25, 0.3) is 0 Å². The lowest BCUT2D eigenvalue weighted by Gasteiger charge is -2.29. The molecule has 0 aliphatic heterocycles. The molecular weight excluding hydrogens is 190 g/mol. The molecular formula is C12H19NO2. The van der Waals surface area contributed by atoms with E-state index in [0.717, 1.165) is 25.7 Å². The highest BCUT2D eigenvalue weighted by molar-refractivity contribution is 5.70. The summed E-state index contributed by atoms with van der Waals surface area (Å²) in [5.74, 6) is 1.83. The van der Waals surface area contributed by atoms with Gasteiger partial charge < -0.3 is 10.4 Å². The molecule has 0 amide bonds. The van der Waals surface area contributed by atoms with Crippen LogP contribution in [0.15, 0.2) is 0 Å². The molecule has 1 aliphatic rings. The fourth-order valence-electron chi connectivity index (χ4n) is 2.13. The van der Waals surface area contributed by atoms with Crippen LogP contribution < -0.4 is 5.32 Å². The predicted molar refractivity (Wildman–Crippen MR) is 59.4 cm³/mol. The van der Waals surface area contributed by atoms with Crippen LogP contribution >= 0.6 is 0 Å². The van der Waals surface area contributed by atoms with Gasteiger partial charge >= 0.3 is 5.97 Å². The van der Waals surface area contributed by atoms with E-state index >= 15 is 0 Å². The standard InChI is InChI=1S/C12H19NO2/c1-3-10(4-2)13-11-7-5-6-9(8-11)12(14)15/h1,9-11,13H,4-8H2,2H3,(H,14,15). The Morgan fingerprint density at radius 1 is 1.67 bits per heavy atom. The maximum absolute atomic E-state index is 10.9. The van der Waals surface area contributed by atoms with Gasteiger partial charge in [-0.2, -0.15) is 0 Å². The molecule has 1 aliphatic carbocycles. The number of rotatable bonds is 4. The number of carbonyl (C=O) groups is 1. The summed E-state index contributed by atoms with van der Waals surface area (Å²) in [5.41, 5.74) is 0. The average Bonchev–Trinajstić information content (AvgIpc) is 2.26. The van der Waals surface area contributed by atoms with Crippen LogP contribution in [0, 0.1) is 18.3 Å². The largest absolute Gasteiger partial charge is 0.481 e. The maximum Gasteiger partial charge on any atom is 0.306 e. The smallest absolute Gasteiger partial charge is 0.306 e. The molecule has 15 heavy (non-hydrogen) atoms. The van der Waals surface area contributed by atoms with Crippen molar-refractivity contribution in [1.29, 1.82) is 0 Å². The van der Waals surface area contributed by atoms with Crippen LogP contribution in [0.2, 0.25) is 0 Å². The normalized spacial score (nSPS) is 28.0. The van der Waals surface area contributed by atoms with Gasteiger partial charge in [-0.25, -0.2) is 0 Å². The molecule has 0 radical (unpaired) electrons. The second-order valence-corrected chi connectivity index (χ2v) is 4.19. The molecule has 0 aromatic heterocycles. The van der Waals surface area contributed by atoms with Gasteiger partial charge in [0.1, 0.15) is 0 Å². The molecule has 0 heterocycles. The van der Waals surface area contributed by atoms with Crippen molar-refractivity contribution in [3.63, 3.8) is 0 Å². The van der Waals surface area contributed by atoms with E-state index < -0.39 is 5.97 Å². The third-order valence-corrected chi connectivity index (χ3v) is 3.07. The Morgan fingerprint density at radius 3 is 2.93 bits per heavy atom. The first-order valence-corrected chi connectivity index (χ1v) is 5.62. The minimum absolute atomic E-state index is 0.0857. The molecule has 3 unspecified atom stereocenters. The molecule has 3 nitrogen and oxygen atoms in total. The van der Waals surface area contributed by atoms with E-state index in [9.17, 15) is 4.79 Å². The van der Waals surface area contributed by atoms with Crippen molar-refractivity contribution in [2.75, 3.05) is 0 Å². The lowest BCUT2D eigenvalue weighted by molar-refractivity contribution is -0.143. The zero-order chi connectivity index (χ0) is 11.3. The Hall–Kier alpha value is -1.01. The zero-order valence-corrected chi connectivity index (χ0v) is 9.20. The number of nitrogens with one attached hydrogen (secondary N) is 1. The number of terminal acetylenes is 1. The van der Waals surface area contributed by atoms with Gasteiger partial charge in [-0.3, -0.25) is 4.79 Å². The summed E-state index contributed by atoms with van der Waals surface area (Å²) < 4.78 is 0. The maximum atomic E-state index is 10.9. The number of hydrogen-bond donors (Lipinski definition) is 2. The number of aliphatic carboxylic acids is 1. The molecule has 3 atom stereocenters. The van der Waals surface area contributed by atoms with Crippen LogP contribution in [0.5, 0.6) is 0 Å². The van der Waals surface area contributed by atoms with Crippen molar-refractivity contribution in [3.8, 4) is 12.3 Å². The Morgan fingerprint density at radius 2 is 2.40 bits per heavy atom. The third kappa shape index (κ3) is 3.56. The first-order valence-electron chi connectivity index (χ1n) is 5.62. The monoisotopic (exact) mass is 209 g/mol. The van der Waals surface area contributed by atoms with E-state index in [1.807, 2.05) is 6.92 Å². The summed E-state index contributed by atoms with van der Waals surface area (Å²) in [5, 5.41) is 12.3. The molecule has 1 rings (SSSR count). The van der Waals surface area contributed by atoms with Gasteiger partial charge in [0.2, 0.25) is 0 Å². The summed E-state index contributed by atoms with van der Waals surface area (Å²) in [7, 11) is 0. The molecule has 2 N–H and O–H groups in total. The van der Waals surface area contributed by atoms with Crippen molar-refractivity contribution >= 4 is 5.97 Å². The SMILES string of the molecule is C#CC(CC)NC1CCCC(C(=O)O)C1. The van der Waals surface area contributed by atoms with Crippen molar-refractivity contribution < 1.29 is 9.90 Å². The first-order chi connectivity index (χ1) is 7.17. The van der Waals surface area contributed by atoms with Gasteiger partial charge in [0.15, 0.2) is 0 Å². The van der Waals surface area contributed by atoms with E-state index in [0.29, 0.717) is 6.42 Å². The molecule has 84 valence electrons. The number of carboxylic acids is 1. The molecule has 0 saturated heterocycles. The number of carboxylic acid groups (broad SMARTS) is 1. The average molecular weight is 209 g/mol. The molecule has 0 spiro atoms. The third-order valence-electron chi connectivity index (χ3n) is 3.07. The Kier molecular flexibility index (Phi) is 4.64. The Balaban J connectivity index is 2.43. The highest BCUT2D eigenvalue weighted by atomic mass is 16.4. The molecule has 3 heteroatoms. The van der Waals surface area contributed by atoms with E-state index in [4.69, 9.17) is 11.5 Å². The van der Waals surface area contributed by atoms with Crippen LogP contribution in [-0.4, -0.2) is 23.2 Å². The minimum atomic E-state index is -0.671. The topological polar surface area (TPSA) is 49.3 Å². The van der Waals surface area contributed by atoms with Gasteiger partial charge in [-0.15, -0.1) is 6.42 Å². The molecule has 0 aromatic carbocycles. The van der Waals surface area contributed by atoms with Gasteiger partial charge in [-0.05, 0) is 25.7 Å². The second kappa shape index (κ2) is 5.77. The zero-order valence-electron chi connectivity index (χ0n) is 9.20. The summed E-state index contributed by atoms with van der Waals surface area (Å²) in [6, 6.07) is 0.364. The molecule has 0 bridgehead atoms. The van der Waals surface area contributed by atoms with Gasteiger partial charge in [-0.1, -0.05) is 19.3 Å². The quantitative estimate of drug-likeness (QED) is 0.692. The van der Waals surface area contributed by atoms with Crippen LogP contribution in [0.1, 0.15) is 39.0 Å². The molecule has 0 aromatic rings. The fraction of sp³-hybridized carbons (Fsp3) is 0.750.